The molecular weight excluding hydrogens is 180 g/mol. The Hall–Kier alpha value is -0.900. The molecule has 3 atom stereocenters. The zero-order valence-electron chi connectivity index (χ0n) is 8.19. The highest BCUT2D eigenvalue weighted by Crippen LogP contribution is 2.43. The summed E-state index contributed by atoms with van der Waals surface area (Å²) >= 11 is 0. The molecule has 1 aliphatic carbocycles. The second-order valence-corrected chi connectivity index (χ2v) is 4.64. The topological polar surface area (TPSA) is 49.4 Å². The van der Waals surface area contributed by atoms with Gasteiger partial charge in [-0.2, -0.15) is 0 Å². The van der Waals surface area contributed by atoms with Crippen LogP contribution in [0.25, 0.3) is 0 Å². The van der Waals surface area contributed by atoms with Crippen molar-refractivity contribution in [2.75, 3.05) is 13.6 Å². The number of fused-ring (bicyclic) bond motifs is 1. The van der Waals surface area contributed by atoms with Gasteiger partial charge in [-0.25, -0.2) is 0 Å². The van der Waals surface area contributed by atoms with Crippen molar-refractivity contribution in [3.8, 4) is 0 Å². The Morgan fingerprint density at radius 2 is 2.00 bits per heavy atom. The number of amides is 2. The summed E-state index contributed by atoms with van der Waals surface area (Å²) in [6, 6.07) is 0.279. The predicted molar refractivity (Wildman–Crippen MR) is 49.3 cm³/mol. The largest absolute Gasteiger partial charge is 0.312 e. The maximum absolute atomic E-state index is 11.8. The number of likely N-dealkylation sites (tertiary alicyclic amines) is 1. The van der Waals surface area contributed by atoms with E-state index in [0.717, 1.165) is 0 Å². The van der Waals surface area contributed by atoms with Crippen LogP contribution in [0.15, 0.2) is 0 Å². The first-order chi connectivity index (χ1) is 6.70. The Balaban J connectivity index is 1.90. The van der Waals surface area contributed by atoms with Crippen molar-refractivity contribution in [3.05, 3.63) is 0 Å². The first-order valence-electron chi connectivity index (χ1n) is 5.25. The highest BCUT2D eigenvalue weighted by Gasteiger charge is 2.56. The Morgan fingerprint density at radius 1 is 1.29 bits per heavy atom. The van der Waals surface area contributed by atoms with E-state index in [2.05, 4.69) is 5.32 Å². The third kappa shape index (κ3) is 0.919. The second kappa shape index (κ2) is 2.57. The Labute approximate surface area is 82.6 Å². The SMILES string of the molecule is CN1C(=O)[C@@H]2[C@@H](CN[C@H]2C2CC2)C1=O. The minimum atomic E-state index is -0.0712. The molecule has 3 fully saturated rings. The maximum atomic E-state index is 11.8. The number of nitrogens with zero attached hydrogens (tertiary/aromatic N) is 1. The number of hydrogen-bond donors (Lipinski definition) is 1. The van der Waals surface area contributed by atoms with E-state index in [9.17, 15) is 9.59 Å². The van der Waals surface area contributed by atoms with Gasteiger partial charge in [0.1, 0.15) is 0 Å². The van der Waals surface area contributed by atoms with E-state index in [1.54, 1.807) is 7.05 Å². The summed E-state index contributed by atoms with van der Waals surface area (Å²) in [4.78, 5) is 24.8. The fourth-order valence-electron chi connectivity index (χ4n) is 2.83. The van der Waals surface area contributed by atoms with Crippen LogP contribution >= 0.6 is 0 Å². The summed E-state index contributed by atoms with van der Waals surface area (Å²) in [6.07, 6.45) is 2.43. The summed E-state index contributed by atoms with van der Waals surface area (Å²) in [5.74, 6) is 0.559. The molecule has 2 saturated heterocycles. The fraction of sp³-hybridized carbons (Fsp3) is 0.800. The van der Waals surface area contributed by atoms with Crippen molar-refractivity contribution in [1.82, 2.24) is 10.2 Å². The van der Waals surface area contributed by atoms with Gasteiger partial charge >= 0.3 is 0 Å². The van der Waals surface area contributed by atoms with Crippen molar-refractivity contribution in [2.24, 2.45) is 17.8 Å². The normalized spacial score (nSPS) is 42.1. The highest BCUT2D eigenvalue weighted by molar-refractivity contribution is 6.05. The number of nitrogens with one attached hydrogen (secondary N) is 1. The van der Waals surface area contributed by atoms with Crippen LogP contribution in [0.3, 0.4) is 0 Å². The zero-order valence-corrected chi connectivity index (χ0v) is 8.19. The van der Waals surface area contributed by atoms with Gasteiger partial charge in [-0.3, -0.25) is 14.5 Å². The van der Waals surface area contributed by atoms with Crippen LogP contribution in [0.2, 0.25) is 0 Å². The van der Waals surface area contributed by atoms with Gasteiger partial charge < -0.3 is 5.32 Å². The summed E-state index contributed by atoms with van der Waals surface area (Å²) < 4.78 is 0. The highest BCUT2D eigenvalue weighted by atomic mass is 16.2. The number of carbonyl (C=O) groups is 2. The van der Waals surface area contributed by atoms with E-state index in [4.69, 9.17) is 0 Å². The standard InChI is InChI=1S/C10H14N2O2/c1-12-9(13)6-4-11-8(5-2-3-5)7(6)10(12)14/h5-8,11H,2-4H2,1H3/t6-,7-,8+/m1/s1. The number of hydrogen-bond acceptors (Lipinski definition) is 3. The molecule has 0 aromatic heterocycles. The van der Waals surface area contributed by atoms with E-state index < -0.39 is 0 Å². The molecule has 76 valence electrons. The van der Waals surface area contributed by atoms with Gasteiger partial charge in [-0.1, -0.05) is 0 Å². The molecule has 4 nitrogen and oxygen atoms in total. The van der Waals surface area contributed by atoms with Gasteiger partial charge in [0, 0.05) is 19.6 Å². The lowest BCUT2D eigenvalue weighted by atomic mass is 9.91. The predicted octanol–water partition coefficient (Wildman–Crippen LogP) is -0.401. The average Bonchev–Trinajstić information content (AvgIpc) is 2.90. The fourth-order valence-corrected chi connectivity index (χ4v) is 2.83. The third-order valence-electron chi connectivity index (χ3n) is 3.79. The summed E-state index contributed by atoms with van der Waals surface area (Å²) in [5, 5.41) is 3.33. The number of carbonyl (C=O) groups excluding carboxylic acids is 2. The molecule has 14 heavy (non-hydrogen) atoms. The molecule has 1 N–H and O–H groups in total. The van der Waals surface area contributed by atoms with E-state index >= 15 is 0 Å². The molecule has 2 aliphatic heterocycles. The quantitative estimate of drug-likeness (QED) is 0.578. The van der Waals surface area contributed by atoms with Crippen LogP contribution in [0.1, 0.15) is 12.8 Å². The molecule has 0 bridgehead atoms. The lowest BCUT2D eigenvalue weighted by Gasteiger charge is -2.16. The first kappa shape index (κ1) is 8.41. The first-order valence-corrected chi connectivity index (χ1v) is 5.25. The van der Waals surface area contributed by atoms with Crippen LogP contribution in [0.5, 0.6) is 0 Å². The van der Waals surface area contributed by atoms with Crippen molar-refractivity contribution >= 4 is 11.8 Å². The molecule has 1 saturated carbocycles. The molecule has 2 amide bonds. The van der Waals surface area contributed by atoms with Crippen molar-refractivity contribution in [3.63, 3.8) is 0 Å². The molecule has 4 heteroatoms. The second-order valence-electron chi connectivity index (χ2n) is 4.64. The van der Waals surface area contributed by atoms with Crippen LogP contribution < -0.4 is 5.32 Å². The van der Waals surface area contributed by atoms with E-state index in [0.29, 0.717) is 12.5 Å². The van der Waals surface area contributed by atoms with Crippen LogP contribution in [-0.2, 0) is 9.59 Å². The smallest absolute Gasteiger partial charge is 0.234 e. The van der Waals surface area contributed by atoms with Crippen LogP contribution in [0, 0.1) is 17.8 Å². The molecule has 3 rings (SSSR count). The summed E-state index contributed by atoms with van der Waals surface area (Å²) in [7, 11) is 1.60. The van der Waals surface area contributed by atoms with Gasteiger partial charge in [0.2, 0.25) is 11.8 Å². The Bertz CT molecular complexity index is 311. The molecule has 0 spiro atoms. The van der Waals surface area contributed by atoms with Gasteiger partial charge in [-0.05, 0) is 18.8 Å². The molecule has 0 aromatic carbocycles. The minimum absolute atomic E-state index is 0.00986. The van der Waals surface area contributed by atoms with Crippen LogP contribution in [0.4, 0.5) is 0 Å². The minimum Gasteiger partial charge on any atom is -0.312 e. The third-order valence-corrected chi connectivity index (χ3v) is 3.79. The van der Waals surface area contributed by atoms with Gasteiger partial charge in [-0.15, -0.1) is 0 Å². The monoisotopic (exact) mass is 194 g/mol. The van der Waals surface area contributed by atoms with E-state index in [1.807, 2.05) is 0 Å². The molecule has 0 aromatic rings. The number of imide groups is 1. The molecular formula is C10H14N2O2. The van der Waals surface area contributed by atoms with E-state index in [-0.39, 0.29) is 29.7 Å². The number of rotatable bonds is 1. The van der Waals surface area contributed by atoms with Crippen LogP contribution in [-0.4, -0.2) is 36.3 Å². The molecule has 0 unspecified atom stereocenters. The molecule has 2 heterocycles. The Morgan fingerprint density at radius 3 is 2.64 bits per heavy atom. The van der Waals surface area contributed by atoms with Crippen molar-refractivity contribution in [1.29, 1.82) is 0 Å². The average molecular weight is 194 g/mol. The lowest BCUT2D eigenvalue weighted by molar-refractivity contribution is -0.138. The van der Waals surface area contributed by atoms with E-state index in [1.165, 1.54) is 17.7 Å². The molecule has 0 radical (unpaired) electrons. The van der Waals surface area contributed by atoms with Gasteiger partial charge in [0.05, 0.1) is 11.8 Å². The Kier molecular flexibility index (Phi) is 1.54. The summed E-state index contributed by atoms with van der Waals surface area (Å²) in [6.45, 7) is 0.695. The van der Waals surface area contributed by atoms with Gasteiger partial charge in [0.25, 0.3) is 0 Å². The van der Waals surface area contributed by atoms with Crippen molar-refractivity contribution in [2.45, 2.75) is 18.9 Å². The summed E-state index contributed by atoms with van der Waals surface area (Å²) in [5.41, 5.74) is 0. The van der Waals surface area contributed by atoms with Crippen molar-refractivity contribution < 1.29 is 9.59 Å². The maximum Gasteiger partial charge on any atom is 0.234 e. The van der Waals surface area contributed by atoms with Gasteiger partial charge in [0.15, 0.2) is 0 Å². The zero-order chi connectivity index (χ0) is 9.87. The lowest BCUT2D eigenvalue weighted by Crippen LogP contribution is -2.37. The molecule has 3 aliphatic rings.